The summed E-state index contributed by atoms with van der Waals surface area (Å²) in [4.78, 5) is 16.2. The number of rotatable bonds is 9. The lowest BCUT2D eigenvalue weighted by Crippen LogP contribution is -2.27. The molecule has 1 amide bonds. The fraction of sp³-hybridized carbons (Fsp3) is 0.412. The van der Waals surface area contributed by atoms with Gasteiger partial charge in [-0.05, 0) is 44.5 Å². The number of carbonyl (C=O) groups is 1. The molecule has 1 aromatic heterocycles. The Morgan fingerprint density at radius 1 is 1.38 bits per heavy atom. The summed E-state index contributed by atoms with van der Waals surface area (Å²) in [5.41, 5.74) is 1.02. The normalized spacial score (nSPS) is 11.0. The number of hydrogen-bond donors (Lipinski definition) is 1. The van der Waals surface area contributed by atoms with Gasteiger partial charge in [0.2, 0.25) is 5.91 Å². The van der Waals surface area contributed by atoms with Gasteiger partial charge in [0.1, 0.15) is 0 Å². The van der Waals surface area contributed by atoms with E-state index in [1.807, 2.05) is 48.9 Å². The molecule has 130 valence electrons. The molecule has 24 heavy (non-hydrogen) atoms. The molecule has 0 aliphatic heterocycles. The van der Waals surface area contributed by atoms with Crippen LogP contribution in [0.25, 0.3) is 5.69 Å². The minimum absolute atomic E-state index is 0.00917. The lowest BCUT2D eigenvalue weighted by Gasteiger charge is -2.09. The Kier molecular flexibility index (Phi) is 7.81. The van der Waals surface area contributed by atoms with E-state index in [0.29, 0.717) is 18.9 Å². The molecule has 0 spiro atoms. The zero-order valence-electron chi connectivity index (χ0n) is 13.9. The second-order valence-corrected chi connectivity index (χ2v) is 7.33. The Morgan fingerprint density at radius 3 is 2.83 bits per heavy atom. The zero-order valence-corrected chi connectivity index (χ0v) is 16.3. The second kappa shape index (κ2) is 9.86. The summed E-state index contributed by atoms with van der Waals surface area (Å²) in [5.74, 6) is 0.355. The molecule has 0 atom stereocenters. The molecular formula is C17H22BrN3O2S. The minimum atomic E-state index is 0.00917. The van der Waals surface area contributed by atoms with E-state index in [2.05, 4.69) is 26.2 Å². The maximum Gasteiger partial charge on any atom is 0.230 e. The van der Waals surface area contributed by atoms with Crippen LogP contribution in [0.1, 0.15) is 20.3 Å². The Labute approximate surface area is 155 Å². The van der Waals surface area contributed by atoms with E-state index in [-0.39, 0.29) is 12.0 Å². The minimum Gasteiger partial charge on any atom is -0.379 e. The van der Waals surface area contributed by atoms with Gasteiger partial charge in [0.05, 0.1) is 11.9 Å². The van der Waals surface area contributed by atoms with Crippen molar-refractivity contribution in [3.63, 3.8) is 0 Å². The van der Waals surface area contributed by atoms with Crippen molar-refractivity contribution in [2.24, 2.45) is 0 Å². The molecule has 0 radical (unpaired) electrons. The monoisotopic (exact) mass is 411 g/mol. The van der Waals surface area contributed by atoms with Crippen LogP contribution in [0.5, 0.6) is 0 Å². The highest BCUT2D eigenvalue weighted by atomic mass is 79.9. The second-order valence-electron chi connectivity index (χ2n) is 5.47. The van der Waals surface area contributed by atoms with Crippen molar-refractivity contribution < 1.29 is 9.53 Å². The number of thioether (sulfide) groups is 1. The maximum atomic E-state index is 11.9. The molecule has 0 fully saturated rings. The molecule has 5 nitrogen and oxygen atoms in total. The van der Waals surface area contributed by atoms with Crippen molar-refractivity contribution in [3.8, 4) is 5.69 Å². The average Bonchev–Trinajstić information content (AvgIpc) is 3.01. The first-order valence-electron chi connectivity index (χ1n) is 7.86. The molecule has 1 N–H and O–H groups in total. The van der Waals surface area contributed by atoms with Gasteiger partial charge in [-0.3, -0.25) is 9.36 Å². The van der Waals surface area contributed by atoms with Gasteiger partial charge in [-0.2, -0.15) is 0 Å². The predicted octanol–water partition coefficient (Wildman–Crippen LogP) is 3.66. The van der Waals surface area contributed by atoms with Crippen molar-refractivity contribution in [2.45, 2.75) is 31.5 Å². The van der Waals surface area contributed by atoms with Crippen LogP contribution in [0.4, 0.5) is 0 Å². The molecular weight excluding hydrogens is 390 g/mol. The Balaban J connectivity index is 1.77. The van der Waals surface area contributed by atoms with Crippen LogP contribution < -0.4 is 5.32 Å². The number of nitrogens with one attached hydrogen (secondary N) is 1. The lowest BCUT2D eigenvalue weighted by molar-refractivity contribution is -0.118. The molecule has 1 aromatic carbocycles. The number of ether oxygens (including phenoxy) is 1. The van der Waals surface area contributed by atoms with E-state index in [1.54, 1.807) is 6.20 Å². The average molecular weight is 412 g/mol. The van der Waals surface area contributed by atoms with Gasteiger partial charge in [0.25, 0.3) is 0 Å². The van der Waals surface area contributed by atoms with Crippen LogP contribution >= 0.6 is 27.7 Å². The molecule has 0 aliphatic rings. The van der Waals surface area contributed by atoms with E-state index in [9.17, 15) is 4.79 Å². The lowest BCUT2D eigenvalue weighted by atomic mass is 10.3. The van der Waals surface area contributed by atoms with Crippen molar-refractivity contribution in [2.75, 3.05) is 18.9 Å². The highest BCUT2D eigenvalue weighted by Gasteiger charge is 2.09. The largest absolute Gasteiger partial charge is 0.379 e. The first-order valence-corrected chi connectivity index (χ1v) is 9.64. The van der Waals surface area contributed by atoms with Gasteiger partial charge in [-0.1, -0.05) is 27.7 Å². The molecule has 0 bridgehead atoms. The summed E-state index contributed by atoms with van der Waals surface area (Å²) in [6, 6.07) is 7.97. The quantitative estimate of drug-likeness (QED) is 0.505. The first-order chi connectivity index (χ1) is 11.6. The van der Waals surface area contributed by atoms with Crippen molar-refractivity contribution in [1.29, 1.82) is 0 Å². The molecule has 0 saturated carbocycles. The highest BCUT2D eigenvalue weighted by Crippen LogP contribution is 2.21. The van der Waals surface area contributed by atoms with Crippen LogP contribution in [0.3, 0.4) is 0 Å². The van der Waals surface area contributed by atoms with Crippen LogP contribution in [-0.4, -0.2) is 40.5 Å². The summed E-state index contributed by atoms with van der Waals surface area (Å²) in [6.07, 6.45) is 4.69. The molecule has 2 aromatic rings. The fourth-order valence-corrected chi connectivity index (χ4v) is 3.06. The Hall–Kier alpha value is -1.31. The number of nitrogens with zero attached hydrogens (tertiary/aromatic N) is 2. The summed E-state index contributed by atoms with van der Waals surface area (Å²) in [7, 11) is 0. The number of amides is 1. The van der Waals surface area contributed by atoms with E-state index < -0.39 is 0 Å². The standard InChI is InChI=1S/C17H22BrN3O2S/c1-13(2)23-11-3-8-19-16(22)12-24-17-20-9-10-21(17)15-6-4-14(18)5-7-15/h4-7,9-10,13H,3,8,11-12H2,1-2H3,(H,19,22). The summed E-state index contributed by atoms with van der Waals surface area (Å²) < 4.78 is 8.44. The van der Waals surface area contributed by atoms with Gasteiger partial charge in [0.15, 0.2) is 5.16 Å². The molecule has 0 aliphatic carbocycles. The number of halogens is 1. The molecule has 0 saturated heterocycles. The van der Waals surface area contributed by atoms with Gasteiger partial charge < -0.3 is 10.1 Å². The summed E-state index contributed by atoms with van der Waals surface area (Å²) in [5, 5.41) is 3.70. The maximum absolute atomic E-state index is 11.9. The molecule has 0 unspecified atom stereocenters. The van der Waals surface area contributed by atoms with Gasteiger partial charge in [0, 0.05) is 35.7 Å². The van der Waals surface area contributed by atoms with Crippen LogP contribution in [-0.2, 0) is 9.53 Å². The molecule has 1 heterocycles. The van der Waals surface area contributed by atoms with Crippen LogP contribution in [0.15, 0.2) is 46.3 Å². The van der Waals surface area contributed by atoms with E-state index >= 15 is 0 Å². The highest BCUT2D eigenvalue weighted by molar-refractivity contribution is 9.10. The van der Waals surface area contributed by atoms with Crippen LogP contribution in [0, 0.1) is 0 Å². The van der Waals surface area contributed by atoms with Gasteiger partial charge in [-0.15, -0.1) is 0 Å². The SMILES string of the molecule is CC(C)OCCCNC(=O)CSc1nccn1-c1ccc(Br)cc1. The van der Waals surface area contributed by atoms with E-state index in [0.717, 1.165) is 21.7 Å². The van der Waals surface area contributed by atoms with Crippen molar-refractivity contribution in [1.82, 2.24) is 14.9 Å². The topological polar surface area (TPSA) is 56.1 Å². The number of hydrogen-bond acceptors (Lipinski definition) is 4. The van der Waals surface area contributed by atoms with Gasteiger partial charge >= 0.3 is 0 Å². The number of benzene rings is 1. The number of carbonyl (C=O) groups excluding carboxylic acids is 1. The first kappa shape index (κ1) is 19.0. The molecule has 2 rings (SSSR count). The summed E-state index contributed by atoms with van der Waals surface area (Å²) in [6.45, 7) is 5.30. The van der Waals surface area contributed by atoms with Crippen molar-refractivity contribution in [3.05, 3.63) is 41.1 Å². The number of aromatic nitrogens is 2. The third-order valence-corrected chi connectivity index (χ3v) is 4.63. The van der Waals surface area contributed by atoms with Crippen LogP contribution in [0.2, 0.25) is 0 Å². The Bertz CT molecular complexity index is 644. The third-order valence-electron chi connectivity index (χ3n) is 3.14. The predicted molar refractivity (Wildman–Crippen MR) is 101 cm³/mol. The van der Waals surface area contributed by atoms with Gasteiger partial charge in [-0.25, -0.2) is 4.98 Å². The van der Waals surface area contributed by atoms with Crippen molar-refractivity contribution >= 4 is 33.6 Å². The van der Waals surface area contributed by atoms with E-state index in [1.165, 1.54) is 11.8 Å². The summed E-state index contributed by atoms with van der Waals surface area (Å²) >= 11 is 4.85. The fourth-order valence-electron chi connectivity index (χ4n) is 1.99. The van der Waals surface area contributed by atoms with E-state index in [4.69, 9.17) is 4.74 Å². The molecule has 7 heteroatoms. The zero-order chi connectivity index (χ0) is 17.4. The Morgan fingerprint density at radius 2 is 2.12 bits per heavy atom. The smallest absolute Gasteiger partial charge is 0.230 e. The third kappa shape index (κ3) is 6.30. The number of imidazole rings is 1.